The Morgan fingerprint density at radius 2 is 2.20 bits per heavy atom. The third-order valence-corrected chi connectivity index (χ3v) is 3.04. The van der Waals surface area contributed by atoms with Gasteiger partial charge in [0.1, 0.15) is 0 Å². The lowest BCUT2D eigenvalue weighted by Crippen LogP contribution is -2.62. The van der Waals surface area contributed by atoms with Crippen molar-refractivity contribution in [2.45, 2.75) is 45.7 Å². The van der Waals surface area contributed by atoms with Gasteiger partial charge in [-0.3, -0.25) is 4.90 Å². The fraction of sp³-hybridized carbons (Fsp3) is 0.917. The van der Waals surface area contributed by atoms with Crippen LogP contribution in [0.3, 0.4) is 0 Å². The van der Waals surface area contributed by atoms with Crippen LogP contribution >= 0.6 is 0 Å². The van der Waals surface area contributed by atoms with Crippen molar-refractivity contribution in [3.63, 3.8) is 0 Å². The topological polar surface area (TPSA) is 39.1 Å². The molecule has 1 atom stereocenters. The van der Waals surface area contributed by atoms with Crippen LogP contribution in [0.1, 0.15) is 34.1 Å². The molecule has 15 heavy (non-hydrogen) atoms. The summed E-state index contributed by atoms with van der Waals surface area (Å²) in [5, 5.41) is 12.2. The molecule has 1 unspecified atom stereocenters. The van der Waals surface area contributed by atoms with E-state index in [1.54, 1.807) is 0 Å². The summed E-state index contributed by atoms with van der Waals surface area (Å²) in [4.78, 5) is 2.51. The predicted molar refractivity (Wildman–Crippen MR) is 62.5 cm³/mol. The maximum absolute atomic E-state index is 8.71. The van der Waals surface area contributed by atoms with Crippen molar-refractivity contribution in [2.75, 3.05) is 19.6 Å². The second-order valence-corrected chi connectivity index (χ2v) is 5.55. The molecule has 1 saturated heterocycles. The van der Waals surface area contributed by atoms with Gasteiger partial charge >= 0.3 is 0 Å². The molecule has 0 spiro atoms. The fourth-order valence-electron chi connectivity index (χ4n) is 2.09. The summed E-state index contributed by atoms with van der Waals surface area (Å²) in [6.07, 6.45) is 0.616. The largest absolute Gasteiger partial charge is 0.310 e. The minimum absolute atomic E-state index is 0.218. The summed E-state index contributed by atoms with van der Waals surface area (Å²) >= 11 is 0. The SMILES string of the molecule is CC(C)CN1CC(CC#N)NCC1(C)C. The summed E-state index contributed by atoms with van der Waals surface area (Å²) in [5.74, 6) is 0.685. The van der Waals surface area contributed by atoms with Crippen LogP contribution in [0.2, 0.25) is 0 Å². The van der Waals surface area contributed by atoms with Gasteiger partial charge in [-0.1, -0.05) is 13.8 Å². The first-order chi connectivity index (χ1) is 6.95. The highest BCUT2D eigenvalue weighted by molar-refractivity contribution is 4.95. The van der Waals surface area contributed by atoms with Crippen LogP contribution in [0.15, 0.2) is 0 Å². The van der Waals surface area contributed by atoms with E-state index in [2.05, 4.69) is 44.0 Å². The third kappa shape index (κ3) is 3.48. The summed E-state index contributed by atoms with van der Waals surface area (Å²) < 4.78 is 0. The van der Waals surface area contributed by atoms with Gasteiger partial charge in [0.05, 0.1) is 12.5 Å². The summed E-state index contributed by atoms with van der Waals surface area (Å²) in [7, 11) is 0. The van der Waals surface area contributed by atoms with E-state index in [1.165, 1.54) is 0 Å². The van der Waals surface area contributed by atoms with Gasteiger partial charge in [0.25, 0.3) is 0 Å². The molecule has 0 aliphatic carbocycles. The molecule has 1 N–H and O–H groups in total. The Labute approximate surface area is 93.5 Å². The number of piperazine rings is 1. The molecule has 0 radical (unpaired) electrons. The standard InChI is InChI=1S/C12H23N3/c1-10(2)7-15-8-11(5-6-13)14-9-12(15,3)4/h10-11,14H,5,7-9H2,1-4H3. The van der Waals surface area contributed by atoms with Gasteiger partial charge in [-0.05, 0) is 19.8 Å². The molecule has 1 heterocycles. The second kappa shape index (κ2) is 4.96. The molecule has 0 saturated carbocycles. The van der Waals surface area contributed by atoms with Crippen LogP contribution in [0.5, 0.6) is 0 Å². The van der Waals surface area contributed by atoms with Crippen LogP contribution in [-0.4, -0.2) is 36.1 Å². The van der Waals surface area contributed by atoms with Gasteiger partial charge < -0.3 is 5.32 Å². The molecular weight excluding hydrogens is 186 g/mol. The highest BCUT2D eigenvalue weighted by Gasteiger charge is 2.33. The van der Waals surface area contributed by atoms with Crippen LogP contribution in [0, 0.1) is 17.2 Å². The van der Waals surface area contributed by atoms with Gasteiger partial charge in [0, 0.05) is 31.2 Å². The Balaban J connectivity index is 2.58. The molecule has 1 aliphatic heterocycles. The van der Waals surface area contributed by atoms with Gasteiger partial charge in [0.15, 0.2) is 0 Å². The number of rotatable bonds is 3. The zero-order valence-electron chi connectivity index (χ0n) is 10.4. The first-order valence-corrected chi connectivity index (χ1v) is 5.81. The van der Waals surface area contributed by atoms with Crippen molar-refractivity contribution in [3.05, 3.63) is 0 Å². The van der Waals surface area contributed by atoms with E-state index >= 15 is 0 Å². The zero-order valence-corrected chi connectivity index (χ0v) is 10.4. The lowest BCUT2D eigenvalue weighted by atomic mass is 9.95. The van der Waals surface area contributed by atoms with Crippen molar-refractivity contribution in [1.29, 1.82) is 5.26 Å². The van der Waals surface area contributed by atoms with Crippen LogP contribution in [0.25, 0.3) is 0 Å². The minimum atomic E-state index is 0.218. The van der Waals surface area contributed by atoms with Crippen molar-refractivity contribution in [1.82, 2.24) is 10.2 Å². The molecular formula is C12H23N3. The Kier molecular flexibility index (Phi) is 4.12. The Morgan fingerprint density at radius 1 is 1.53 bits per heavy atom. The molecule has 1 rings (SSSR count). The maximum atomic E-state index is 8.71. The van der Waals surface area contributed by atoms with E-state index in [9.17, 15) is 0 Å². The lowest BCUT2D eigenvalue weighted by molar-refractivity contribution is 0.0560. The molecule has 0 aromatic carbocycles. The third-order valence-electron chi connectivity index (χ3n) is 3.04. The molecule has 0 aromatic heterocycles. The number of nitrogens with one attached hydrogen (secondary N) is 1. The number of hydrogen-bond donors (Lipinski definition) is 1. The van der Waals surface area contributed by atoms with Gasteiger partial charge in [-0.2, -0.15) is 5.26 Å². The monoisotopic (exact) mass is 209 g/mol. The Bertz CT molecular complexity index is 240. The molecule has 1 fully saturated rings. The van der Waals surface area contributed by atoms with Crippen LogP contribution in [-0.2, 0) is 0 Å². The quantitative estimate of drug-likeness (QED) is 0.767. The summed E-state index contributed by atoms with van der Waals surface area (Å²) in [6, 6.07) is 2.60. The van der Waals surface area contributed by atoms with Gasteiger partial charge in [-0.25, -0.2) is 0 Å². The molecule has 1 aliphatic rings. The van der Waals surface area contributed by atoms with Crippen LogP contribution in [0.4, 0.5) is 0 Å². The molecule has 3 heteroatoms. The van der Waals surface area contributed by atoms with E-state index in [4.69, 9.17) is 5.26 Å². The highest BCUT2D eigenvalue weighted by atomic mass is 15.3. The number of nitrogens with zero attached hydrogens (tertiary/aromatic N) is 2. The van der Waals surface area contributed by atoms with Crippen molar-refractivity contribution >= 4 is 0 Å². The molecule has 3 nitrogen and oxygen atoms in total. The molecule has 0 amide bonds. The predicted octanol–water partition coefficient (Wildman–Crippen LogP) is 1.61. The van der Waals surface area contributed by atoms with Crippen molar-refractivity contribution < 1.29 is 0 Å². The number of hydrogen-bond acceptors (Lipinski definition) is 3. The van der Waals surface area contributed by atoms with Gasteiger partial charge in [-0.15, -0.1) is 0 Å². The Hall–Kier alpha value is -0.590. The second-order valence-electron chi connectivity index (χ2n) is 5.55. The maximum Gasteiger partial charge on any atom is 0.0638 e. The average Bonchev–Trinajstić information content (AvgIpc) is 2.11. The Morgan fingerprint density at radius 3 is 2.73 bits per heavy atom. The molecule has 0 bridgehead atoms. The first-order valence-electron chi connectivity index (χ1n) is 5.81. The van der Waals surface area contributed by atoms with E-state index in [0.717, 1.165) is 19.6 Å². The fourth-order valence-corrected chi connectivity index (χ4v) is 2.09. The van der Waals surface area contributed by atoms with Crippen molar-refractivity contribution in [3.8, 4) is 6.07 Å². The van der Waals surface area contributed by atoms with Crippen molar-refractivity contribution in [2.24, 2.45) is 5.92 Å². The smallest absolute Gasteiger partial charge is 0.0638 e. The van der Waals surface area contributed by atoms with Gasteiger partial charge in [0.2, 0.25) is 0 Å². The lowest BCUT2D eigenvalue weighted by Gasteiger charge is -2.46. The summed E-state index contributed by atoms with van der Waals surface area (Å²) in [6.45, 7) is 12.1. The first kappa shape index (κ1) is 12.5. The average molecular weight is 209 g/mol. The van der Waals surface area contributed by atoms with E-state index in [1.807, 2.05) is 0 Å². The summed E-state index contributed by atoms with van der Waals surface area (Å²) in [5.41, 5.74) is 0.218. The van der Waals surface area contributed by atoms with E-state index in [-0.39, 0.29) is 5.54 Å². The minimum Gasteiger partial charge on any atom is -0.310 e. The molecule has 86 valence electrons. The molecule has 0 aromatic rings. The van der Waals surface area contributed by atoms with Crippen LogP contribution < -0.4 is 5.32 Å². The van der Waals surface area contributed by atoms with E-state index in [0.29, 0.717) is 18.4 Å². The normalized spacial score (nSPS) is 26.5. The van der Waals surface area contributed by atoms with E-state index < -0.39 is 0 Å². The zero-order chi connectivity index (χ0) is 11.5. The highest BCUT2D eigenvalue weighted by Crippen LogP contribution is 2.20. The number of nitriles is 1.